The van der Waals surface area contributed by atoms with Crippen molar-refractivity contribution in [2.24, 2.45) is 0 Å². The number of nitrogens with one attached hydrogen (secondary N) is 1. The lowest BCUT2D eigenvalue weighted by molar-refractivity contribution is -0.138. The van der Waals surface area contributed by atoms with Crippen molar-refractivity contribution in [1.82, 2.24) is 10.2 Å². The maximum Gasteiger partial charge on any atom is 0.242 e. The number of hydrogen-bond donors (Lipinski definition) is 1. The molecule has 2 amide bonds. The molecule has 0 bridgehead atoms. The van der Waals surface area contributed by atoms with E-state index in [9.17, 15) is 9.59 Å². The molecule has 0 saturated carbocycles. The number of carbonyl (C=O) groups excluding carboxylic acids is 2. The second-order valence-corrected chi connectivity index (χ2v) is 9.36. The fourth-order valence-corrected chi connectivity index (χ4v) is 4.18. The quantitative estimate of drug-likeness (QED) is 0.455. The normalized spacial score (nSPS) is 12.8. The van der Waals surface area contributed by atoms with Crippen molar-refractivity contribution in [2.45, 2.75) is 51.4 Å². The first-order valence-electron chi connectivity index (χ1n) is 10.5. The van der Waals surface area contributed by atoms with E-state index in [-0.39, 0.29) is 23.6 Å². The van der Waals surface area contributed by atoms with Gasteiger partial charge in [-0.25, -0.2) is 0 Å². The van der Waals surface area contributed by atoms with Gasteiger partial charge >= 0.3 is 0 Å². The van der Waals surface area contributed by atoms with Crippen molar-refractivity contribution in [3.8, 4) is 0 Å². The van der Waals surface area contributed by atoms with Crippen LogP contribution in [0.2, 0.25) is 10.0 Å². The highest BCUT2D eigenvalue weighted by atomic mass is 35.5. The van der Waals surface area contributed by atoms with E-state index in [1.54, 1.807) is 17.9 Å². The van der Waals surface area contributed by atoms with Crippen LogP contribution in [-0.4, -0.2) is 41.1 Å². The van der Waals surface area contributed by atoms with Crippen molar-refractivity contribution in [1.29, 1.82) is 0 Å². The molecule has 2 rings (SSSR count). The molecule has 0 aromatic heterocycles. The molecule has 2 aromatic carbocycles. The van der Waals surface area contributed by atoms with Crippen LogP contribution in [0.3, 0.4) is 0 Å². The minimum atomic E-state index is -0.532. The lowest BCUT2D eigenvalue weighted by Gasteiger charge is -2.29. The van der Waals surface area contributed by atoms with Crippen molar-refractivity contribution in [3.63, 3.8) is 0 Å². The molecule has 0 aliphatic carbocycles. The molecule has 168 valence electrons. The van der Waals surface area contributed by atoms with Crippen LogP contribution in [0.4, 0.5) is 0 Å². The van der Waals surface area contributed by atoms with Gasteiger partial charge in [0.1, 0.15) is 6.04 Å². The average molecular weight is 481 g/mol. The summed E-state index contributed by atoms with van der Waals surface area (Å²) in [5, 5.41) is 4.01. The highest BCUT2D eigenvalue weighted by Crippen LogP contribution is 2.25. The number of nitrogens with zero attached hydrogens (tertiary/aromatic N) is 1. The van der Waals surface area contributed by atoms with Crippen LogP contribution in [0.25, 0.3) is 0 Å². The predicted octanol–water partition coefficient (Wildman–Crippen LogP) is 5.60. The SMILES string of the molecule is CCC(C)NC(=O)C(C)N(CCc1ccccc1)C(=O)CSCc1ccc(Cl)c(Cl)c1. The summed E-state index contributed by atoms with van der Waals surface area (Å²) in [4.78, 5) is 27.4. The molecule has 0 aliphatic heterocycles. The summed E-state index contributed by atoms with van der Waals surface area (Å²) < 4.78 is 0. The van der Waals surface area contributed by atoms with Gasteiger partial charge in [-0.1, -0.05) is 66.5 Å². The lowest BCUT2D eigenvalue weighted by atomic mass is 10.1. The molecule has 0 saturated heterocycles. The maximum absolute atomic E-state index is 13.1. The predicted molar refractivity (Wildman–Crippen MR) is 132 cm³/mol. The van der Waals surface area contributed by atoms with Crippen molar-refractivity contribution in [3.05, 3.63) is 69.7 Å². The fourth-order valence-electron chi connectivity index (χ4n) is 3.00. The topological polar surface area (TPSA) is 49.4 Å². The van der Waals surface area contributed by atoms with Gasteiger partial charge in [0.2, 0.25) is 11.8 Å². The molecule has 0 heterocycles. The van der Waals surface area contributed by atoms with Gasteiger partial charge < -0.3 is 10.2 Å². The van der Waals surface area contributed by atoms with E-state index in [1.165, 1.54) is 11.8 Å². The summed E-state index contributed by atoms with van der Waals surface area (Å²) in [5.74, 6) is 0.761. The maximum atomic E-state index is 13.1. The average Bonchev–Trinajstić information content (AvgIpc) is 2.76. The largest absolute Gasteiger partial charge is 0.352 e. The molecule has 4 nitrogen and oxygen atoms in total. The van der Waals surface area contributed by atoms with Crippen LogP contribution in [0, 0.1) is 0 Å². The van der Waals surface area contributed by atoms with Crippen LogP contribution in [-0.2, 0) is 21.8 Å². The summed E-state index contributed by atoms with van der Waals surface area (Å²) in [6.45, 7) is 6.27. The minimum Gasteiger partial charge on any atom is -0.352 e. The Hall–Kier alpha value is -1.69. The van der Waals surface area contributed by atoms with Gasteiger partial charge in [-0.05, 0) is 49.9 Å². The zero-order chi connectivity index (χ0) is 22.8. The fraction of sp³-hybridized carbons (Fsp3) is 0.417. The van der Waals surface area contributed by atoms with Gasteiger partial charge in [0.25, 0.3) is 0 Å². The summed E-state index contributed by atoms with van der Waals surface area (Å²) >= 11 is 13.5. The van der Waals surface area contributed by atoms with Gasteiger partial charge in [0, 0.05) is 18.3 Å². The molecular formula is C24H30Cl2N2O2S. The van der Waals surface area contributed by atoms with E-state index < -0.39 is 6.04 Å². The number of hydrogen-bond acceptors (Lipinski definition) is 3. The molecule has 31 heavy (non-hydrogen) atoms. The summed E-state index contributed by atoms with van der Waals surface area (Å²) in [6, 6.07) is 15.0. The molecule has 2 aromatic rings. The van der Waals surface area contributed by atoms with Crippen LogP contribution in [0.5, 0.6) is 0 Å². The molecule has 0 spiro atoms. The van der Waals surface area contributed by atoms with E-state index >= 15 is 0 Å². The Kier molecular flexibility index (Phi) is 10.7. The summed E-state index contributed by atoms with van der Waals surface area (Å²) in [6.07, 6.45) is 1.54. The van der Waals surface area contributed by atoms with Crippen molar-refractivity contribution >= 4 is 46.8 Å². The second-order valence-electron chi connectivity index (χ2n) is 7.56. The molecular weight excluding hydrogens is 451 g/mol. The molecule has 0 radical (unpaired) electrons. The second kappa shape index (κ2) is 13.0. The zero-order valence-corrected chi connectivity index (χ0v) is 20.6. The van der Waals surface area contributed by atoms with E-state index in [4.69, 9.17) is 23.2 Å². The first-order chi connectivity index (χ1) is 14.8. The van der Waals surface area contributed by atoms with Gasteiger partial charge in [0.05, 0.1) is 15.8 Å². The Balaban J connectivity index is 2.01. The van der Waals surface area contributed by atoms with E-state index in [1.807, 2.05) is 56.3 Å². The van der Waals surface area contributed by atoms with Crippen LogP contribution in [0.15, 0.2) is 48.5 Å². The first-order valence-corrected chi connectivity index (χ1v) is 12.4. The number of thioether (sulfide) groups is 1. The smallest absolute Gasteiger partial charge is 0.242 e. The molecule has 1 N–H and O–H groups in total. The summed E-state index contributed by atoms with van der Waals surface area (Å²) in [5.41, 5.74) is 2.14. The Morgan fingerprint density at radius 2 is 1.74 bits per heavy atom. The third-order valence-corrected chi connectivity index (χ3v) is 6.86. The van der Waals surface area contributed by atoms with Crippen molar-refractivity contribution in [2.75, 3.05) is 12.3 Å². The van der Waals surface area contributed by atoms with Crippen LogP contribution >= 0.6 is 35.0 Å². The van der Waals surface area contributed by atoms with E-state index in [0.29, 0.717) is 28.8 Å². The Labute approximate surface area is 199 Å². The number of halogens is 2. The van der Waals surface area contributed by atoms with E-state index in [0.717, 1.165) is 17.5 Å². The van der Waals surface area contributed by atoms with Gasteiger partial charge in [0.15, 0.2) is 0 Å². The number of rotatable bonds is 11. The number of carbonyl (C=O) groups is 2. The lowest BCUT2D eigenvalue weighted by Crippen LogP contribution is -2.51. The highest BCUT2D eigenvalue weighted by molar-refractivity contribution is 7.99. The van der Waals surface area contributed by atoms with Crippen molar-refractivity contribution < 1.29 is 9.59 Å². The molecule has 2 unspecified atom stereocenters. The van der Waals surface area contributed by atoms with Gasteiger partial charge in [-0.3, -0.25) is 9.59 Å². The third kappa shape index (κ3) is 8.40. The number of amides is 2. The van der Waals surface area contributed by atoms with Crippen LogP contribution in [0.1, 0.15) is 38.3 Å². The Morgan fingerprint density at radius 3 is 2.39 bits per heavy atom. The third-order valence-electron chi connectivity index (χ3n) is 5.13. The Bertz CT molecular complexity index is 864. The zero-order valence-electron chi connectivity index (χ0n) is 18.2. The Morgan fingerprint density at radius 1 is 1.03 bits per heavy atom. The van der Waals surface area contributed by atoms with Gasteiger partial charge in [-0.15, -0.1) is 11.8 Å². The monoisotopic (exact) mass is 480 g/mol. The minimum absolute atomic E-state index is 0.0483. The summed E-state index contributed by atoms with van der Waals surface area (Å²) in [7, 11) is 0. The number of benzene rings is 2. The standard InChI is InChI=1S/C24H30Cl2N2O2S/c1-4-17(2)27-24(30)18(3)28(13-12-19-8-6-5-7-9-19)23(29)16-31-15-20-10-11-21(25)22(26)14-20/h5-11,14,17-18H,4,12-13,15-16H2,1-3H3,(H,27,30). The molecule has 0 fully saturated rings. The molecule has 2 atom stereocenters. The van der Waals surface area contributed by atoms with E-state index in [2.05, 4.69) is 5.32 Å². The van der Waals surface area contributed by atoms with Gasteiger partial charge in [-0.2, -0.15) is 0 Å². The first kappa shape index (κ1) is 25.6. The van der Waals surface area contributed by atoms with Crippen LogP contribution < -0.4 is 5.32 Å². The molecule has 7 heteroatoms. The highest BCUT2D eigenvalue weighted by Gasteiger charge is 2.26. The molecule has 0 aliphatic rings.